The van der Waals surface area contributed by atoms with E-state index < -0.39 is 7.25 Å². The van der Waals surface area contributed by atoms with Gasteiger partial charge in [0, 0.05) is 10.6 Å². The Kier molecular flexibility index (Phi) is 7.65. The summed E-state index contributed by atoms with van der Waals surface area (Å²) in [7, 11) is -2.72. The number of rotatable bonds is 4. The Morgan fingerprint density at radius 2 is 1.52 bits per heavy atom. The van der Waals surface area contributed by atoms with Crippen molar-refractivity contribution in [3.05, 3.63) is 83.2 Å². The molecule has 0 unspecified atom stereocenters. The van der Waals surface area contributed by atoms with Crippen LogP contribution in [0, 0.1) is 0 Å². The van der Waals surface area contributed by atoms with E-state index in [9.17, 15) is 17.3 Å². The molecule has 0 fully saturated rings. The van der Waals surface area contributed by atoms with Crippen LogP contribution in [0.15, 0.2) is 77.2 Å². The number of nitrogens with one attached hydrogen (secondary N) is 1. The number of para-hydroxylation sites is 1. The smallest absolute Gasteiger partial charge is 0.497 e. The van der Waals surface area contributed by atoms with Crippen LogP contribution in [-0.2, 0) is 0 Å². The molecule has 4 nitrogen and oxygen atoms in total. The second kappa shape index (κ2) is 10.4. The molecule has 0 aliphatic carbocycles. The third-order valence-corrected chi connectivity index (χ3v) is 4.73. The van der Waals surface area contributed by atoms with Gasteiger partial charge in [-0.05, 0) is 48.5 Å². The van der Waals surface area contributed by atoms with Crippen molar-refractivity contribution >= 4 is 35.5 Å². The van der Waals surface area contributed by atoms with Crippen molar-refractivity contribution in [2.75, 3.05) is 14.2 Å². The minimum absolute atomic E-state index is 0.684. The first-order valence-corrected chi connectivity index (χ1v) is 10.0. The Morgan fingerprint density at radius 3 is 2.15 bits per heavy atom. The molecular formula is C23H19BClF4NO3. The van der Waals surface area contributed by atoms with E-state index >= 15 is 0 Å². The van der Waals surface area contributed by atoms with Gasteiger partial charge in [-0.1, -0.05) is 23.7 Å². The van der Waals surface area contributed by atoms with Crippen LogP contribution >= 0.6 is 11.6 Å². The van der Waals surface area contributed by atoms with Crippen molar-refractivity contribution in [3.8, 4) is 22.8 Å². The van der Waals surface area contributed by atoms with E-state index in [4.69, 9.17) is 25.5 Å². The summed E-state index contributed by atoms with van der Waals surface area (Å²) in [5.74, 6) is 2.20. The summed E-state index contributed by atoms with van der Waals surface area (Å²) in [6.07, 6.45) is 0. The van der Waals surface area contributed by atoms with E-state index in [2.05, 4.69) is 4.99 Å². The third kappa shape index (κ3) is 6.76. The van der Waals surface area contributed by atoms with Gasteiger partial charge < -0.3 is 31.2 Å². The first-order valence-electron chi connectivity index (χ1n) is 9.66. The summed E-state index contributed by atoms with van der Waals surface area (Å²) in [4.78, 5) is 3.47. The lowest BCUT2D eigenvalue weighted by atomic mass is 10.1. The van der Waals surface area contributed by atoms with Crippen molar-refractivity contribution < 1.29 is 36.1 Å². The van der Waals surface area contributed by atoms with Crippen LogP contribution in [0.5, 0.6) is 11.5 Å². The zero-order valence-electron chi connectivity index (χ0n) is 17.6. The van der Waals surface area contributed by atoms with E-state index in [1.807, 2.05) is 72.8 Å². The van der Waals surface area contributed by atoms with Gasteiger partial charge in [0.15, 0.2) is 5.75 Å². The highest BCUT2D eigenvalue weighted by Gasteiger charge is 2.20. The number of hydrogen-bond acceptors (Lipinski definition) is 3. The Labute approximate surface area is 192 Å². The van der Waals surface area contributed by atoms with Crippen molar-refractivity contribution in [2.24, 2.45) is 0 Å². The highest BCUT2D eigenvalue weighted by molar-refractivity contribution is 6.50. The van der Waals surface area contributed by atoms with Crippen LogP contribution < -0.4 is 19.8 Å². The fourth-order valence-electron chi connectivity index (χ4n) is 3.05. The molecular weight excluding hydrogens is 461 g/mol. The lowest BCUT2D eigenvalue weighted by Gasteiger charge is -2.05. The summed E-state index contributed by atoms with van der Waals surface area (Å²) in [5.41, 5.74) is 2.52. The van der Waals surface area contributed by atoms with Crippen LogP contribution in [0.3, 0.4) is 0 Å². The molecule has 0 atom stereocenters. The topological polar surface area (TPSA) is 45.6 Å². The minimum atomic E-state index is -6.00. The van der Waals surface area contributed by atoms with Crippen molar-refractivity contribution in [3.63, 3.8) is 0 Å². The van der Waals surface area contributed by atoms with Crippen molar-refractivity contribution in [1.29, 1.82) is 0 Å². The molecule has 0 bridgehead atoms. The summed E-state index contributed by atoms with van der Waals surface area (Å²) in [5, 5.41) is 2.55. The fourth-order valence-corrected chi connectivity index (χ4v) is 3.18. The second-order valence-electron chi connectivity index (χ2n) is 6.71. The zero-order valence-corrected chi connectivity index (χ0v) is 18.4. The molecule has 10 heteroatoms. The molecule has 33 heavy (non-hydrogen) atoms. The molecule has 1 heterocycles. The van der Waals surface area contributed by atoms with Crippen molar-refractivity contribution in [2.45, 2.75) is 0 Å². The molecule has 0 amide bonds. The van der Waals surface area contributed by atoms with Gasteiger partial charge in [-0.2, -0.15) is 0 Å². The van der Waals surface area contributed by atoms with Gasteiger partial charge in [0.05, 0.1) is 31.7 Å². The number of fused-ring (bicyclic) bond motifs is 1. The zero-order chi connectivity index (χ0) is 24.0. The van der Waals surface area contributed by atoms with Crippen LogP contribution in [0.1, 0.15) is 0 Å². The third-order valence-electron chi connectivity index (χ3n) is 4.48. The van der Waals surface area contributed by atoms with E-state index in [1.54, 1.807) is 14.2 Å². The van der Waals surface area contributed by atoms with Gasteiger partial charge in [0.25, 0.3) is 0 Å². The molecule has 0 saturated heterocycles. The van der Waals surface area contributed by atoms with Crippen molar-refractivity contribution in [1.82, 2.24) is 0 Å². The Bertz CT molecular complexity index is 1300. The number of methoxy groups -OCH3 is 2. The molecule has 1 aromatic heterocycles. The van der Waals surface area contributed by atoms with Gasteiger partial charge in [0.2, 0.25) is 11.0 Å². The predicted molar refractivity (Wildman–Crippen MR) is 120 cm³/mol. The second-order valence-corrected chi connectivity index (χ2v) is 7.15. The summed E-state index contributed by atoms with van der Waals surface area (Å²) >= 11 is 6.03. The van der Waals surface area contributed by atoms with Gasteiger partial charge in [-0.15, -0.1) is 0 Å². The summed E-state index contributed by atoms with van der Waals surface area (Å²) in [6.45, 7) is 0. The molecule has 4 rings (SSSR count). The van der Waals surface area contributed by atoms with E-state index in [1.165, 1.54) is 0 Å². The fraction of sp³-hybridized carbons (Fsp3) is 0.0870. The number of benzene rings is 3. The molecule has 0 aliphatic rings. The highest BCUT2D eigenvalue weighted by Crippen LogP contribution is 2.25. The van der Waals surface area contributed by atoms with Gasteiger partial charge in [-0.3, -0.25) is 0 Å². The highest BCUT2D eigenvalue weighted by atomic mass is 35.5. The minimum Gasteiger partial charge on any atom is -0.497 e. The SMILES string of the molecule is COc1ccc(OC)c([NH+]=c2cc(-c3ccc(Cl)cc3)oc3ccccc23)c1.F[B-](F)(F)F. The van der Waals surface area contributed by atoms with Crippen LogP contribution in [0.2, 0.25) is 5.02 Å². The number of ether oxygens (including phenoxy) is 2. The summed E-state index contributed by atoms with van der Waals surface area (Å²) < 4.78 is 56.0. The number of hydrogen-bond donors (Lipinski definition) is 1. The van der Waals surface area contributed by atoms with Gasteiger partial charge >= 0.3 is 7.25 Å². The lowest BCUT2D eigenvalue weighted by Crippen LogP contribution is -2.70. The molecule has 4 aromatic rings. The molecule has 0 spiro atoms. The van der Waals surface area contributed by atoms with E-state index in [-0.39, 0.29) is 0 Å². The monoisotopic (exact) mass is 479 g/mol. The Morgan fingerprint density at radius 1 is 0.848 bits per heavy atom. The standard InChI is InChI=1S/C23H18ClNO3.BF4/c1-26-17-11-12-22(27-2)20(13-17)25-19-14-23(15-7-9-16(24)10-8-15)28-21-6-4-3-5-18(19)21;2-1(3,4)5/h3-14H,1-2H3;/q;-1/p+1. The average Bonchev–Trinajstić information content (AvgIpc) is 2.78. The van der Waals surface area contributed by atoms with E-state index in [0.717, 1.165) is 44.8 Å². The normalized spacial score (nSPS) is 11.7. The maximum Gasteiger partial charge on any atom is 0.673 e. The first kappa shape index (κ1) is 24.2. The van der Waals surface area contributed by atoms with Crippen LogP contribution in [0.4, 0.5) is 23.0 Å². The average molecular weight is 480 g/mol. The Balaban J connectivity index is 0.000000555. The molecule has 3 aromatic carbocycles. The molecule has 0 saturated carbocycles. The molecule has 172 valence electrons. The van der Waals surface area contributed by atoms with Gasteiger partial charge in [-0.25, -0.2) is 4.99 Å². The van der Waals surface area contributed by atoms with Gasteiger partial charge in [0.1, 0.15) is 17.1 Å². The van der Waals surface area contributed by atoms with E-state index in [0.29, 0.717) is 5.02 Å². The van der Waals surface area contributed by atoms with Crippen LogP contribution in [0.25, 0.3) is 22.3 Å². The first-order chi connectivity index (χ1) is 15.7. The summed E-state index contributed by atoms with van der Waals surface area (Å²) in [6, 6.07) is 23.1. The molecule has 1 N–H and O–H groups in total. The molecule has 0 radical (unpaired) electrons. The Hall–Kier alpha value is -3.46. The predicted octanol–water partition coefficient (Wildman–Crippen LogP) is 5.38. The maximum atomic E-state index is 9.75. The number of halogens is 5. The lowest BCUT2D eigenvalue weighted by molar-refractivity contribution is -0.401. The largest absolute Gasteiger partial charge is 0.673 e. The van der Waals surface area contributed by atoms with Crippen LogP contribution in [-0.4, -0.2) is 21.5 Å². The molecule has 0 aliphatic heterocycles. The maximum absolute atomic E-state index is 9.75. The quantitative estimate of drug-likeness (QED) is 0.316.